The highest BCUT2D eigenvalue weighted by atomic mass is 16.5. The van der Waals surface area contributed by atoms with Gasteiger partial charge in [0, 0.05) is 0 Å². The highest BCUT2D eigenvalue weighted by Gasteiger charge is 2.24. The van der Waals surface area contributed by atoms with E-state index in [4.69, 9.17) is 9.47 Å². The minimum atomic E-state index is -0.447. The fourth-order valence-corrected chi connectivity index (χ4v) is 2.04. The summed E-state index contributed by atoms with van der Waals surface area (Å²) in [5, 5.41) is 0. The van der Waals surface area contributed by atoms with E-state index in [9.17, 15) is 9.59 Å². The lowest BCUT2D eigenvalue weighted by Gasteiger charge is -2.14. The standard InChI is InChI=1S/C16H24O4/c1-10(2)19-15(17)13-8-6-7-12(5)9-14(13)16(18)20-11(3)4/h9-11H,6-8H2,1-5H3. The zero-order chi connectivity index (χ0) is 15.3. The smallest absolute Gasteiger partial charge is 0.338 e. The SMILES string of the molecule is CC1=CC(C(=O)OC(C)C)=C(C(=O)OC(C)C)CCC1. The molecule has 0 unspecified atom stereocenters. The van der Waals surface area contributed by atoms with Crippen LogP contribution in [-0.2, 0) is 19.1 Å². The Kier molecular flexibility index (Phi) is 5.99. The third kappa shape index (κ3) is 4.83. The van der Waals surface area contributed by atoms with Crippen molar-refractivity contribution in [2.24, 2.45) is 0 Å². The van der Waals surface area contributed by atoms with Gasteiger partial charge in [-0.1, -0.05) is 5.57 Å². The summed E-state index contributed by atoms with van der Waals surface area (Å²) in [6, 6.07) is 0. The molecule has 1 aliphatic rings. The van der Waals surface area contributed by atoms with Gasteiger partial charge in [-0.05, 0) is 60.0 Å². The van der Waals surface area contributed by atoms with Crippen molar-refractivity contribution in [1.82, 2.24) is 0 Å². The van der Waals surface area contributed by atoms with Crippen LogP contribution in [0.5, 0.6) is 0 Å². The molecule has 0 aromatic heterocycles. The molecule has 0 bridgehead atoms. The first-order valence-electron chi connectivity index (χ1n) is 7.13. The second-order valence-electron chi connectivity index (χ2n) is 5.64. The van der Waals surface area contributed by atoms with Crippen LogP contribution in [-0.4, -0.2) is 24.1 Å². The quantitative estimate of drug-likeness (QED) is 0.741. The molecule has 1 aliphatic carbocycles. The van der Waals surface area contributed by atoms with Crippen LogP contribution >= 0.6 is 0 Å². The fraction of sp³-hybridized carbons (Fsp3) is 0.625. The molecule has 20 heavy (non-hydrogen) atoms. The zero-order valence-corrected chi connectivity index (χ0v) is 13.0. The summed E-state index contributed by atoms with van der Waals surface area (Å²) in [5.41, 5.74) is 1.86. The van der Waals surface area contributed by atoms with E-state index < -0.39 is 11.9 Å². The van der Waals surface area contributed by atoms with E-state index in [1.165, 1.54) is 0 Å². The summed E-state index contributed by atoms with van der Waals surface area (Å²) in [4.78, 5) is 24.3. The molecule has 0 aromatic rings. The molecule has 0 radical (unpaired) electrons. The summed E-state index contributed by atoms with van der Waals surface area (Å²) < 4.78 is 10.5. The summed E-state index contributed by atoms with van der Waals surface area (Å²) in [6.45, 7) is 9.12. The first-order chi connectivity index (χ1) is 9.31. The summed E-state index contributed by atoms with van der Waals surface area (Å²) >= 11 is 0. The lowest BCUT2D eigenvalue weighted by Crippen LogP contribution is -2.20. The van der Waals surface area contributed by atoms with Crippen molar-refractivity contribution >= 4 is 11.9 Å². The molecule has 0 N–H and O–H groups in total. The maximum Gasteiger partial charge on any atom is 0.338 e. The van der Waals surface area contributed by atoms with Crippen LogP contribution in [0, 0.1) is 0 Å². The number of allylic oxidation sites excluding steroid dienone is 1. The zero-order valence-electron chi connectivity index (χ0n) is 13.0. The third-order valence-corrected chi connectivity index (χ3v) is 2.87. The number of carbonyl (C=O) groups is 2. The molecule has 4 nitrogen and oxygen atoms in total. The molecule has 1 rings (SSSR count). The van der Waals surface area contributed by atoms with Crippen LogP contribution in [0.15, 0.2) is 22.8 Å². The minimum Gasteiger partial charge on any atom is -0.460 e. The molecule has 0 atom stereocenters. The Morgan fingerprint density at radius 3 is 2.10 bits per heavy atom. The van der Waals surface area contributed by atoms with Crippen LogP contribution in [0.2, 0.25) is 0 Å². The normalized spacial score (nSPS) is 16.1. The van der Waals surface area contributed by atoms with Crippen LogP contribution in [0.3, 0.4) is 0 Å². The first kappa shape index (κ1) is 16.5. The Morgan fingerprint density at radius 2 is 1.55 bits per heavy atom. The van der Waals surface area contributed by atoms with Crippen molar-refractivity contribution in [1.29, 1.82) is 0 Å². The van der Waals surface area contributed by atoms with Gasteiger partial charge in [-0.2, -0.15) is 0 Å². The highest BCUT2D eigenvalue weighted by Crippen LogP contribution is 2.25. The second kappa shape index (κ2) is 7.27. The molecule has 0 saturated carbocycles. The molecular formula is C16H24O4. The van der Waals surface area contributed by atoms with Gasteiger partial charge in [-0.3, -0.25) is 0 Å². The van der Waals surface area contributed by atoms with Gasteiger partial charge in [0.2, 0.25) is 0 Å². The lowest BCUT2D eigenvalue weighted by atomic mass is 10.0. The Hall–Kier alpha value is -1.58. The van der Waals surface area contributed by atoms with Gasteiger partial charge >= 0.3 is 11.9 Å². The van der Waals surface area contributed by atoms with E-state index in [0.717, 1.165) is 18.4 Å². The molecular weight excluding hydrogens is 256 g/mol. The number of ether oxygens (including phenoxy) is 2. The maximum absolute atomic E-state index is 12.2. The Labute approximate surface area is 120 Å². The summed E-state index contributed by atoms with van der Waals surface area (Å²) in [7, 11) is 0. The Morgan fingerprint density at radius 1 is 1.00 bits per heavy atom. The molecule has 0 aromatic carbocycles. The predicted octanol–water partition coefficient (Wildman–Crippen LogP) is 3.32. The molecule has 0 aliphatic heterocycles. The van der Waals surface area contributed by atoms with Gasteiger partial charge in [-0.25, -0.2) is 9.59 Å². The van der Waals surface area contributed by atoms with Crippen molar-refractivity contribution in [3.63, 3.8) is 0 Å². The third-order valence-electron chi connectivity index (χ3n) is 2.87. The molecule has 0 spiro atoms. The van der Waals surface area contributed by atoms with E-state index in [-0.39, 0.29) is 12.2 Å². The monoisotopic (exact) mass is 280 g/mol. The molecule has 4 heteroatoms. The van der Waals surface area contributed by atoms with Crippen LogP contribution < -0.4 is 0 Å². The topological polar surface area (TPSA) is 52.6 Å². The van der Waals surface area contributed by atoms with E-state index >= 15 is 0 Å². The van der Waals surface area contributed by atoms with Gasteiger partial charge in [0.15, 0.2) is 0 Å². The van der Waals surface area contributed by atoms with Gasteiger partial charge in [-0.15, -0.1) is 0 Å². The van der Waals surface area contributed by atoms with Gasteiger partial charge in [0.25, 0.3) is 0 Å². The van der Waals surface area contributed by atoms with Crippen molar-refractivity contribution in [2.45, 2.75) is 66.1 Å². The Balaban J connectivity index is 3.12. The lowest BCUT2D eigenvalue weighted by molar-refractivity contribution is -0.146. The molecule has 112 valence electrons. The fourth-order valence-electron chi connectivity index (χ4n) is 2.04. The maximum atomic E-state index is 12.2. The number of hydrogen-bond donors (Lipinski definition) is 0. The van der Waals surface area contributed by atoms with Gasteiger partial charge < -0.3 is 9.47 Å². The van der Waals surface area contributed by atoms with Crippen LogP contribution in [0.4, 0.5) is 0 Å². The second-order valence-corrected chi connectivity index (χ2v) is 5.64. The van der Waals surface area contributed by atoms with Crippen molar-refractivity contribution < 1.29 is 19.1 Å². The number of esters is 2. The van der Waals surface area contributed by atoms with Crippen molar-refractivity contribution in [3.8, 4) is 0 Å². The predicted molar refractivity (Wildman–Crippen MR) is 77.1 cm³/mol. The van der Waals surface area contributed by atoms with Crippen molar-refractivity contribution in [2.75, 3.05) is 0 Å². The van der Waals surface area contributed by atoms with Gasteiger partial charge in [0.05, 0.1) is 23.4 Å². The minimum absolute atomic E-state index is 0.203. The first-order valence-corrected chi connectivity index (χ1v) is 7.13. The largest absolute Gasteiger partial charge is 0.460 e. The average Bonchev–Trinajstić information content (AvgIpc) is 2.49. The highest BCUT2D eigenvalue weighted by molar-refractivity contribution is 6.02. The van der Waals surface area contributed by atoms with Crippen LogP contribution in [0.1, 0.15) is 53.9 Å². The number of carbonyl (C=O) groups excluding carboxylic acids is 2. The van der Waals surface area contributed by atoms with Crippen LogP contribution in [0.25, 0.3) is 0 Å². The van der Waals surface area contributed by atoms with E-state index in [2.05, 4.69) is 0 Å². The molecule has 0 fully saturated rings. The molecule has 0 amide bonds. The summed E-state index contributed by atoms with van der Waals surface area (Å²) in [6.07, 6.45) is 3.59. The number of hydrogen-bond acceptors (Lipinski definition) is 4. The number of rotatable bonds is 4. The molecule has 0 heterocycles. The average molecular weight is 280 g/mol. The Bertz CT molecular complexity index is 441. The molecule has 0 saturated heterocycles. The summed E-state index contributed by atoms with van der Waals surface area (Å²) in [5.74, 6) is -0.862. The van der Waals surface area contributed by atoms with Gasteiger partial charge in [0.1, 0.15) is 0 Å². The van der Waals surface area contributed by atoms with E-state index in [0.29, 0.717) is 17.6 Å². The van der Waals surface area contributed by atoms with Crippen molar-refractivity contribution in [3.05, 3.63) is 22.8 Å². The van der Waals surface area contributed by atoms with E-state index in [1.807, 2.05) is 6.92 Å². The van der Waals surface area contributed by atoms with E-state index in [1.54, 1.807) is 33.8 Å².